The molecule has 0 bridgehead atoms. The zero-order valence-electron chi connectivity index (χ0n) is 11.1. The van der Waals surface area contributed by atoms with Gasteiger partial charge in [-0.15, -0.1) is 0 Å². The number of hydrogen-bond acceptors (Lipinski definition) is 3. The molecule has 0 spiro atoms. The van der Waals surface area contributed by atoms with E-state index in [-0.39, 0.29) is 12.6 Å². The molecule has 1 aliphatic carbocycles. The molecule has 96 valence electrons. The molecule has 0 fully saturated rings. The van der Waals surface area contributed by atoms with Gasteiger partial charge in [0, 0.05) is 17.5 Å². The van der Waals surface area contributed by atoms with Gasteiger partial charge in [-0.05, 0) is 17.7 Å². The Morgan fingerprint density at radius 1 is 1.33 bits per heavy atom. The third-order valence-corrected chi connectivity index (χ3v) is 8.67. The molecule has 0 saturated carbocycles. The summed E-state index contributed by atoms with van der Waals surface area (Å²) in [4.78, 5) is 12.2. The summed E-state index contributed by atoms with van der Waals surface area (Å²) in [5.41, 5.74) is 2.37. The van der Waals surface area contributed by atoms with Crippen LogP contribution in [-0.2, 0) is 0 Å². The van der Waals surface area contributed by atoms with E-state index >= 15 is 0 Å². The average Bonchev–Trinajstić information content (AvgIpc) is 2.93. The van der Waals surface area contributed by atoms with Crippen molar-refractivity contribution in [2.45, 2.75) is 38.0 Å². The van der Waals surface area contributed by atoms with Gasteiger partial charge in [-0.25, -0.2) is 0 Å². The van der Waals surface area contributed by atoms with Crippen molar-refractivity contribution >= 4 is 13.9 Å². The second kappa shape index (κ2) is 3.85. The summed E-state index contributed by atoms with van der Waals surface area (Å²) in [6.45, 7) is 7.22. The lowest BCUT2D eigenvalue weighted by molar-refractivity contribution is 0.0993. The zero-order chi connectivity index (χ0) is 12.9. The van der Waals surface area contributed by atoms with Crippen molar-refractivity contribution in [2.24, 2.45) is 0 Å². The Bertz CT molecular complexity index is 522. The van der Waals surface area contributed by atoms with Crippen LogP contribution in [0.15, 0.2) is 12.1 Å². The summed E-state index contributed by atoms with van der Waals surface area (Å²) in [7, 11) is -1.44. The van der Waals surface area contributed by atoms with Crippen LogP contribution >= 0.6 is 0 Å². The van der Waals surface area contributed by atoms with Gasteiger partial charge in [0.05, 0.1) is 8.07 Å². The number of rotatable bonds is 2. The van der Waals surface area contributed by atoms with Crippen LogP contribution in [0.3, 0.4) is 0 Å². The first-order valence-electron chi connectivity index (χ1n) is 6.50. The second-order valence-corrected chi connectivity index (χ2v) is 11.2. The predicted molar refractivity (Wildman–Crippen MR) is 72.2 cm³/mol. The molecular weight excluding hydrogens is 244 g/mol. The highest BCUT2D eigenvalue weighted by Gasteiger charge is 2.43. The molecule has 1 aromatic rings. The molecule has 0 amide bonds. The Morgan fingerprint density at radius 2 is 2.11 bits per heavy atom. The third kappa shape index (κ3) is 1.51. The monoisotopic (exact) mass is 262 g/mol. The van der Waals surface area contributed by atoms with E-state index in [4.69, 9.17) is 9.47 Å². The zero-order valence-corrected chi connectivity index (χ0v) is 12.1. The number of carbonyl (C=O) groups is 1. The number of hydrogen-bond donors (Lipinski definition) is 0. The van der Waals surface area contributed by atoms with Gasteiger partial charge in [0.25, 0.3) is 0 Å². The molecule has 18 heavy (non-hydrogen) atoms. The maximum absolute atomic E-state index is 12.2. The van der Waals surface area contributed by atoms with Crippen LogP contribution in [0.1, 0.15) is 34.8 Å². The number of benzene rings is 1. The molecule has 0 aromatic heterocycles. The first-order valence-corrected chi connectivity index (χ1v) is 9.78. The van der Waals surface area contributed by atoms with Crippen LogP contribution in [0.5, 0.6) is 11.5 Å². The maximum atomic E-state index is 12.2. The summed E-state index contributed by atoms with van der Waals surface area (Å²) in [5.74, 6) is 1.90. The molecule has 0 radical (unpaired) electrons. The van der Waals surface area contributed by atoms with Crippen molar-refractivity contribution in [3.63, 3.8) is 0 Å². The average molecular weight is 262 g/mol. The fraction of sp³-hybridized carbons (Fsp3) is 0.500. The first kappa shape index (κ1) is 11.8. The Labute approximate surface area is 108 Å². The van der Waals surface area contributed by atoms with Crippen LogP contribution in [0.2, 0.25) is 19.1 Å². The van der Waals surface area contributed by atoms with Gasteiger partial charge in [-0.1, -0.05) is 26.1 Å². The summed E-state index contributed by atoms with van der Waals surface area (Å²) in [6, 6.07) is 4.95. The second-order valence-electron chi connectivity index (χ2n) is 5.78. The number of carbonyl (C=O) groups excluding carboxylic acids is 1. The van der Waals surface area contributed by atoms with Gasteiger partial charge in [0.2, 0.25) is 6.79 Å². The molecule has 3 rings (SSSR count). The van der Waals surface area contributed by atoms with E-state index < -0.39 is 8.07 Å². The molecule has 0 saturated heterocycles. The van der Waals surface area contributed by atoms with Gasteiger partial charge in [0.15, 0.2) is 17.3 Å². The van der Waals surface area contributed by atoms with Crippen LogP contribution in [0, 0.1) is 0 Å². The highest BCUT2D eigenvalue weighted by Crippen LogP contribution is 2.50. The van der Waals surface area contributed by atoms with E-state index in [2.05, 4.69) is 20.0 Å². The van der Waals surface area contributed by atoms with Gasteiger partial charge in [-0.2, -0.15) is 0 Å². The quantitative estimate of drug-likeness (QED) is 0.767. The van der Waals surface area contributed by atoms with Crippen LogP contribution < -0.4 is 9.47 Å². The van der Waals surface area contributed by atoms with Crippen LogP contribution in [0.4, 0.5) is 0 Å². The Balaban J connectivity index is 2.17. The van der Waals surface area contributed by atoms with Crippen molar-refractivity contribution < 1.29 is 14.3 Å². The molecule has 1 atom stereocenters. The highest BCUT2D eigenvalue weighted by atomic mass is 28.3. The summed E-state index contributed by atoms with van der Waals surface area (Å²) in [6.07, 6.45) is 0.655. The minimum Gasteiger partial charge on any atom is -0.454 e. The normalized spacial score (nSPS) is 21.3. The van der Waals surface area contributed by atoms with E-state index in [1.807, 2.05) is 12.1 Å². The molecule has 1 aliphatic heterocycles. The largest absolute Gasteiger partial charge is 0.454 e. The van der Waals surface area contributed by atoms with E-state index in [0.29, 0.717) is 12.0 Å². The Kier molecular flexibility index (Phi) is 2.52. The van der Waals surface area contributed by atoms with Gasteiger partial charge < -0.3 is 9.47 Å². The summed E-state index contributed by atoms with van der Waals surface area (Å²) < 4.78 is 11.0. The highest BCUT2D eigenvalue weighted by molar-refractivity contribution is 6.79. The fourth-order valence-electron chi connectivity index (χ4n) is 2.89. The number of fused-ring (bicyclic) bond motifs is 3. The van der Waals surface area contributed by atoms with Gasteiger partial charge >= 0.3 is 0 Å². The van der Waals surface area contributed by atoms with E-state index in [9.17, 15) is 4.79 Å². The standard InChI is InChI=1S/C14H18O3Si/c1-4-18(2,3)12-7-10(15)9-5-6-11-14(13(9)12)17-8-16-11/h5-6,12H,4,7-8H2,1-3H3/t12-/m0/s1. The number of ether oxygens (including phenoxy) is 2. The maximum Gasteiger partial charge on any atom is 0.231 e. The molecule has 3 nitrogen and oxygen atoms in total. The Hall–Kier alpha value is -1.29. The molecule has 0 N–H and O–H groups in total. The van der Waals surface area contributed by atoms with Crippen molar-refractivity contribution in [3.8, 4) is 11.5 Å². The Morgan fingerprint density at radius 3 is 2.83 bits per heavy atom. The molecule has 2 aliphatic rings. The SMILES string of the molecule is CC[Si](C)(C)[C@H]1CC(=O)c2ccc3c(c21)OCO3. The number of Topliss-reactive ketones (excluding diaryl/α,β-unsaturated/α-hetero) is 1. The van der Waals surface area contributed by atoms with E-state index in [1.54, 1.807) is 0 Å². The summed E-state index contributed by atoms with van der Waals surface area (Å²) in [5, 5.41) is 0. The molecule has 1 heterocycles. The van der Waals surface area contributed by atoms with Crippen molar-refractivity contribution in [3.05, 3.63) is 23.3 Å². The van der Waals surface area contributed by atoms with Crippen molar-refractivity contribution in [1.29, 1.82) is 0 Å². The predicted octanol–water partition coefficient (Wildman–Crippen LogP) is 3.35. The fourth-order valence-corrected chi connectivity index (χ4v) is 5.19. The number of ketones is 1. The van der Waals surface area contributed by atoms with Gasteiger partial charge in [0.1, 0.15) is 0 Å². The topological polar surface area (TPSA) is 35.5 Å². The first-order chi connectivity index (χ1) is 8.54. The molecular formula is C14H18O3Si. The van der Waals surface area contributed by atoms with Crippen LogP contribution in [-0.4, -0.2) is 20.7 Å². The lowest BCUT2D eigenvalue weighted by Crippen LogP contribution is -2.33. The molecule has 0 unspecified atom stereocenters. The van der Waals surface area contributed by atoms with E-state index in [1.165, 1.54) is 6.04 Å². The smallest absolute Gasteiger partial charge is 0.231 e. The summed E-state index contributed by atoms with van der Waals surface area (Å²) >= 11 is 0. The minimum absolute atomic E-state index is 0.266. The van der Waals surface area contributed by atoms with Gasteiger partial charge in [-0.3, -0.25) is 4.79 Å². The lowest BCUT2D eigenvalue weighted by Gasteiger charge is -2.28. The lowest BCUT2D eigenvalue weighted by atomic mass is 10.1. The van der Waals surface area contributed by atoms with Crippen LogP contribution in [0.25, 0.3) is 0 Å². The molecule has 1 aromatic carbocycles. The third-order valence-electron chi connectivity index (χ3n) is 4.47. The molecule has 4 heteroatoms. The van der Waals surface area contributed by atoms with Crippen molar-refractivity contribution in [1.82, 2.24) is 0 Å². The van der Waals surface area contributed by atoms with Crippen molar-refractivity contribution in [2.75, 3.05) is 6.79 Å². The minimum atomic E-state index is -1.44. The van der Waals surface area contributed by atoms with E-state index in [0.717, 1.165) is 22.6 Å².